The van der Waals surface area contributed by atoms with Crippen molar-refractivity contribution in [1.29, 1.82) is 0 Å². The highest BCUT2D eigenvalue weighted by atomic mass is 16.5. The number of methoxy groups -OCH3 is 1. The number of aromatic nitrogens is 2. The number of aliphatic hydroxyl groups excluding tert-OH is 1. The summed E-state index contributed by atoms with van der Waals surface area (Å²) in [5, 5.41) is 9.27. The van der Waals surface area contributed by atoms with Gasteiger partial charge in [0.15, 0.2) is 0 Å². The van der Waals surface area contributed by atoms with E-state index in [1.807, 2.05) is 37.4 Å². The minimum Gasteiger partial charge on any atom is -0.494 e. The molecule has 0 aliphatic carbocycles. The molecule has 0 fully saturated rings. The zero-order valence-corrected chi connectivity index (χ0v) is 18.3. The number of hydrogen-bond acceptors (Lipinski definition) is 3. The van der Waals surface area contributed by atoms with Crippen molar-refractivity contribution < 1.29 is 9.84 Å². The standard InChI is InChI=1S/C25H35N3O2/c1-19(29)11-8-6-4-3-5-7-9-12-20-14-15-21(27-20)17-24-25(30-2)18-23(28-24)22-13-10-16-26-22/h10,13-19,26-27,29H,3-9,11-12H2,1-2H3/b24-17+. The fraction of sp³-hybridized carbons (Fsp3) is 0.480. The van der Waals surface area contributed by atoms with E-state index < -0.39 is 0 Å². The van der Waals surface area contributed by atoms with Crippen molar-refractivity contribution in [1.82, 2.24) is 9.97 Å². The molecule has 0 amide bonds. The number of hydrogen-bond donors (Lipinski definition) is 3. The first-order valence-corrected chi connectivity index (χ1v) is 11.2. The molecule has 0 spiro atoms. The van der Waals surface area contributed by atoms with E-state index in [-0.39, 0.29) is 6.10 Å². The van der Waals surface area contributed by atoms with Gasteiger partial charge in [-0.25, -0.2) is 4.99 Å². The highest BCUT2D eigenvalue weighted by Crippen LogP contribution is 2.24. The molecule has 2 aromatic heterocycles. The Labute approximate surface area is 180 Å². The summed E-state index contributed by atoms with van der Waals surface area (Å²) in [6.07, 6.45) is 16.5. The van der Waals surface area contributed by atoms with E-state index in [0.29, 0.717) is 0 Å². The molecule has 0 aromatic carbocycles. The third kappa shape index (κ3) is 6.77. The molecule has 3 heterocycles. The summed E-state index contributed by atoms with van der Waals surface area (Å²) < 4.78 is 5.51. The van der Waals surface area contributed by atoms with Crippen LogP contribution in [0, 0.1) is 0 Å². The van der Waals surface area contributed by atoms with Gasteiger partial charge in [-0.15, -0.1) is 0 Å². The molecule has 5 nitrogen and oxygen atoms in total. The number of aromatic amines is 2. The van der Waals surface area contributed by atoms with Crippen LogP contribution in [0.15, 0.2) is 53.0 Å². The van der Waals surface area contributed by atoms with Crippen LogP contribution in [0.5, 0.6) is 0 Å². The first-order valence-electron chi connectivity index (χ1n) is 11.2. The van der Waals surface area contributed by atoms with Crippen molar-refractivity contribution in [2.75, 3.05) is 7.11 Å². The number of ether oxygens (including phenoxy) is 1. The lowest BCUT2D eigenvalue weighted by Crippen LogP contribution is -1.98. The largest absolute Gasteiger partial charge is 0.494 e. The van der Waals surface area contributed by atoms with Crippen molar-refractivity contribution in [2.24, 2.45) is 4.99 Å². The molecule has 0 saturated carbocycles. The van der Waals surface area contributed by atoms with Gasteiger partial charge in [0, 0.05) is 23.7 Å². The smallest absolute Gasteiger partial charge is 0.146 e. The lowest BCUT2D eigenvalue weighted by molar-refractivity contribution is 0.180. The zero-order valence-electron chi connectivity index (χ0n) is 18.3. The second kappa shape index (κ2) is 11.6. The summed E-state index contributed by atoms with van der Waals surface area (Å²) in [6, 6.07) is 8.26. The van der Waals surface area contributed by atoms with Crippen LogP contribution >= 0.6 is 0 Å². The third-order valence-electron chi connectivity index (χ3n) is 5.48. The Kier molecular flexibility index (Phi) is 8.57. The van der Waals surface area contributed by atoms with E-state index in [1.54, 1.807) is 7.11 Å². The van der Waals surface area contributed by atoms with Crippen LogP contribution in [-0.4, -0.2) is 34.0 Å². The van der Waals surface area contributed by atoms with E-state index >= 15 is 0 Å². The maximum absolute atomic E-state index is 9.27. The summed E-state index contributed by atoms with van der Waals surface area (Å²) in [5.41, 5.74) is 5.04. The molecule has 0 bridgehead atoms. The molecular weight excluding hydrogens is 374 g/mol. The summed E-state index contributed by atoms with van der Waals surface area (Å²) in [4.78, 5) is 11.4. The van der Waals surface area contributed by atoms with Gasteiger partial charge in [0.25, 0.3) is 0 Å². The fourth-order valence-corrected chi connectivity index (χ4v) is 3.79. The quantitative estimate of drug-likeness (QED) is 0.368. The van der Waals surface area contributed by atoms with Gasteiger partial charge >= 0.3 is 0 Å². The van der Waals surface area contributed by atoms with Gasteiger partial charge in [-0.2, -0.15) is 0 Å². The topological polar surface area (TPSA) is 73.4 Å². The summed E-state index contributed by atoms with van der Waals surface area (Å²) >= 11 is 0. The molecule has 0 saturated heterocycles. The Balaban J connectivity index is 1.41. The molecule has 2 aromatic rings. The van der Waals surface area contributed by atoms with E-state index in [9.17, 15) is 5.11 Å². The molecule has 1 unspecified atom stereocenters. The molecular formula is C25H35N3O2. The number of nitrogens with one attached hydrogen (secondary N) is 2. The fourth-order valence-electron chi connectivity index (χ4n) is 3.79. The van der Waals surface area contributed by atoms with Crippen LogP contribution in [0.3, 0.4) is 0 Å². The van der Waals surface area contributed by atoms with Crippen molar-refractivity contribution in [2.45, 2.75) is 70.8 Å². The van der Waals surface area contributed by atoms with Gasteiger partial charge in [0.2, 0.25) is 0 Å². The van der Waals surface area contributed by atoms with Crippen LogP contribution in [0.4, 0.5) is 0 Å². The van der Waals surface area contributed by atoms with Crippen LogP contribution in [0.1, 0.15) is 75.4 Å². The Morgan fingerprint density at radius 1 is 1.07 bits per heavy atom. The average molecular weight is 410 g/mol. The monoisotopic (exact) mass is 409 g/mol. The van der Waals surface area contributed by atoms with E-state index in [2.05, 4.69) is 22.1 Å². The minimum atomic E-state index is -0.148. The Hall–Kier alpha value is -2.53. The lowest BCUT2D eigenvalue weighted by Gasteiger charge is -2.04. The Morgan fingerprint density at radius 3 is 2.53 bits per heavy atom. The number of H-pyrrole nitrogens is 2. The predicted octanol–water partition coefficient (Wildman–Crippen LogP) is 5.76. The number of aliphatic hydroxyl groups is 1. The van der Waals surface area contributed by atoms with Gasteiger partial charge in [-0.05, 0) is 56.5 Å². The lowest BCUT2D eigenvalue weighted by atomic mass is 10.1. The normalized spacial score (nSPS) is 16.0. The number of allylic oxidation sites excluding steroid dienone is 1. The van der Waals surface area contributed by atoms with E-state index in [4.69, 9.17) is 9.73 Å². The van der Waals surface area contributed by atoms with Crippen LogP contribution in [0.25, 0.3) is 6.08 Å². The van der Waals surface area contributed by atoms with Gasteiger partial charge < -0.3 is 19.8 Å². The molecule has 0 radical (unpaired) electrons. The molecule has 30 heavy (non-hydrogen) atoms. The molecule has 3 N–H and O–H groups in total. The highest BCUT2D eigenvalue weighted by Gasteiger charge is 2.17. The van der Waals surface area contributed by atoms with Crippen molar-refractivity contribution in [3.8, 4) is 0 Å². The number of nitrogens with zero attached hydrogens (tertiary/aromatic N) is 1. The maximum atomic E-state index is 9.27. The second-order valence-electron chi connectivity index (χ2n) is 8.12. The SMILES string of the molecule is COC1=CC(c2ccc[nH]2)=N/C1=C/c1ccc(CCCCCCCCCC(C)O)[nH]1. The number of aliphatic imine (C=N–C) groups is 1. The van der Waals surface area contributed by atoms with E-state index in [0.717, 1.165) is 47.8 Å². The molecule has 1 aliphatic rings. The van der Waals surface area contributed by atoms with Crippen LogP contribution < -0.4 is 0 Å². The Morgan fingerprint density at radius 2 is 1.83 bits per heavy atom. The van der Waals surface area contributed by atoms with Crippen LogP contribution in [0.2, 0.25) is 0 Å². The average Bonchev–Trinajstić information content (AvgIpc) is 3.47. The molecule has 3 rings (SSSR count). The number of rotatable bonds is 13. The first-order chi connectivity index (χ1) is 14.7. The van der Waals surface area contributed by atoms with Crippen molar-refractivity contribution in [3.05, 3.63) is 65.1 Å². The van der Waals surface area contributed by atoms with Gasteiger partial charge in [-0.1, -0.05) is 38.5 Å². The molecule has 162 valence electrons. The predicted molar refractivity (Wildman–Crippen MR) is 124 cm³/mol. The van der Waals surface area contributed by atoms with Crippen molar-refractivity contribution in [3.63, 3.8) is 0 Å². The third-order valence-corrected chi connectivity index (χ3v) is 5.48. The zero-order chi connectivity index (χ0) is 21.2. The van der Waals surface area contributed by atoms with Crippen molar-refractivity contribution >= 4 is 11.8 Å². The Bertz CT molecular complexity index is 857. The summed E-state index contributed by atoms with van der Waals surface area (Å²) in [7, 11) is 1.68. The van der Waals surface area contributed by atoms with Gasteiger partial charge in [0.05, 0.1) is 24.6 Å². The van der Waals surface area contributed by atoms with Gasteiger partial charge in [0.1, 0.15) is 11.5 Å². The maximum Gasteiger partial charge on any atom is 0.146 e. The summed E-state index contributed by atoms with van der Waals surface area (Å²) in [5.74, 6) is 0.782. The number of unbranched alkanes of at least 4 members (excludes halogenated alkanes) is 6. The number of aryl methyl sites for hydroxylation is 1. The molecule has 1 atom stereocenters. The van der Waals surface area contributed by atoms with E-state index in [1.165, 1.54) is 44.2 Å². The highest BCUT2D eigenvalue weighted by molar-refractivity contribution is 6.11. The van der Waals surface area contributed by atoms with Crippen LogP contribution in [-0.2, 0) is 11.2 Å². The summed E-state index contributed by atoms with van der Waals surface area (Å²) in [6.45, 7) is 1.87. The first kappa shape index (κ1) is 22.2. The molecule has 5 heteroatoms. The molecule has 1 aliphatic heterocycles. The van der Waals surface area contributed by atoms with Gasteiger partial charge in [-0.3, -0.25) is 0 Å². The minimum absolute atomic E-state index is 0.148. The second-order valence-corrected chi connectivity index (χ2v) is 8.12.